The van der Waals surface area contributed by atoms with Gasteiger partial charge in [0, 0.05) is 45.4 Å². The minimum Gasteiger partial charge on any atom is -0.381 e. The van der Waals surface area contributed by atoms with Crippen LogP contribution in [0.1, 0.15) is 35.6 Å². The minimum absolute atomic E-state index is 0. The van der Waals surface area contributed by atoms with Crippen LogP contribution in [0.4, 0.5) is 26.3 Å². The number of benzene rings is 1. The number of alkyl halides is 6. The second-order valence-corrected chi connectivity index (χ2v) is 6.98. The topological polar surface area (TPSA) is 24.5 Å². The first-order valence-corrected chi connectivity index (χ1v) is 8.99. The highest BCUT2D eigenvalue weighted by Crippen LogP contribution is 2.44. The van der Waals surface area contributed by atoms with Gasteiger partial charge in [0.2, 0.25) is 0 Å². The third-order valence-corrected chi connectivity index (χ3v) is 5.26. The molecule has 1 atom stereocenters. The van der Waals surface area contributed by atoms with Crippen molar-refractivity contribution in [2.24, 2.45) is 5.92 Å². The fourth-order valence-corrected chi connectivity index (χ4v) is 3.98. The van der Waals surface area contributed by atoms with Gasteiger partial charge < -0.3 is 10.1 Å². The summed E-state index contributed by atoms with van der Waals surface area (Å²) in [5, 5.41) is 3.14. The Morgan fingerprint density at radius 1 is 0.931 bits per heavy atom. The smallest absolute Gasteiger partial charge is 0.381 e. The summed E-state index contributed by atoms with van der Waals surface area (Å²) < 4.78 is 85.9. The zero-order valence-corrected chi connectivity index (χ0v) is 17.1. The van der Waals surface area contributed by atoms with Crippen LogP contribution in [0.5, 0.6) is 0 Å². The normalized spacial score (nSPS) is 20.5. The van der Waals surface area contributed by atoms with Crippen molar-refractivity contribution >= 4 is 24.8 Å². The maximum atomic E-state index is 13.6. The molecule has 29 heavy (non-hydrogen) atoms. The molecule has 0 amide bonds. The van der Waals surface area contributed by atoms with Crippen molar-refractivity contribution in [3.8, 4) is 0 Å². The average molecular weight is 469 g/mol. The molecular weight excluding hydrogens is 445 g/mol. The van der Waals surface area contributed by atoms with Gasteiger partial charge in [-0.05, 0) is 42.5 Å². The van der Waals surface area contributed by atoms with E-state index in [-0.39, 0.29) is 36.3 Å². The van der Waals surface area contributed by atoms with Gasteiger partial charge in [-0.25, -0.2) is 0 Å². The van der Waals surface area contributed by atoms with Crippen LogP contribution in [0.25, 0.3) is 0 Å². The number of hydrogen-bond donors (Lipinski definition) is 1. The summed E-state index contributed by atoms with van der Waals surface area (Å²) >= 11 is 0. The molecule has 2 fully saturated rings. The van der Waals surface area contributed by atoms with Crippen molar-refractivity contribution in [2.45, 2.75) is 31.2 Å². The third-order valence-electron chi connectivity index (χ3n) is 5.26. The molecule has 2 heterocycles. The molecule has 2 aliphatic rings. The molecular formula is C18H24Cl2F6N2O. The van der Waals surface area contributed by atoms with E-state index in [1.807, 2.05) is 4.90 Å². The molecule has 2 saturated heterocycles. The standard InChI is InChI=1S/C18H22F6N2O.2ClH/c19-17(20,21)13-1-2-15(18(22,23)24)14(11-13)16(12-3-9-27-10-4-12)26-7-5-25-6-8-26;;/h1-2,11-12,16,25H,3-10H2;2*1H/t16-;;/m0../s1. The van der Waals surface area contributed by atoms with Crippen LogP contribution in [0, 0.1) is 5.92 Å². The van der Waals surface area contributed by atoms with E-state index in [1.54, 1.807) is 0 Å². The molecule has 3 rings (SSSR count). The van der Waals surface area contributed by atoms with Crippen LogP contribution in [0.15, 0.2) is 18.2 Å². The lowest BCUT2D eigenvalue weighted by Gasteiger charge is -2.42. The van der Waals surface area contributed by atoms with Gasteiger partial charge in [-0.15, -0.1) is 24.8 Å². The lowest BCUT2D eigenvalue weighted by molar-refractivity contribution is -0.142. The fraction of sp³-hybridized carbons (Fsp3) is 0.667. The summed E-state index contributed by atoms with van der Waals surface area (Å²) in [6.45, 7) is 3.01. The lowest BCUT2D eigenvalue weighted by Crippen LogP contribution is -2.48. The van der Waals surface area contributed by atoms with E-state index in [1.165, 1.54) is 0 Å². The summed E-state index contributed by atoms with van der Waals surface area (Å²) in [6.07, 6.45) is -8.34. The van der Waals surface area contributed by atoms with Gasteiger partial charge in [-0.3, -0.25) is 4.90 Å². The molecule has 0 spiro atoms. The van der Waals surface area contributed by atoms with Crippen LogP contribution >= 0.6 is 24.8 Å². The Bertz CT molecular complexity index is 626. The van der Waals surface area contributed by atoms with Crippen LogP contribution in [-0.4, -0.2) is 44.3 Å². The van der Waals surface area contributed by atoms with Crippen LogP contribution in [0.2, 0.25) is 0 Å². The molecule has 0 radical (unpaired) electrons. The molecule has 0 bridgehead atoms. The van der Waals surface area contributed by atoms with E-state index < -0.39 is 29.5 Å². The van der Waals surface area contributed by atoms with Crippen molar-refractivity contribution in [3.05, 3.63) is 34.9 Å². The Kier molecular flexibility index (Phi) is 9.54. The van der Waals surface area contributed by atoms with Crippen LogP contribution < -0.4 is 5.32 Å². The van der Waals surface area contributed by atoms with Gasteiger partial charge in [-0.1, -0.05) is 0 Å². The first-order chi connectivity index (χ1) is 12.7. The first-order valence-electron chi connectivity index (χ1n) is 8.99. The first kappa shape index (κ1) is 26.3. The van der Waals surface area contributed by atoms with Crippen molar-refractivity contribution in [1.29, 1.82) is 0 Å². The highest BCUT2D eigenvalue weighted by atomic mass is 35.5. The predicted molar refractivity (Wildman–Crippen MR) is 102 cm³/mol. The summed E-state index contributed by atoms with van der Waals surface area (Å²) in [7, 11) is 0. The minimum atomic E-state index is -4.71. The Labute approximate surface area is 178 Å². The van der Waals surface area contributed by atoms with Crippen molar-refractivity contribution < 1.29 is 31.1 Å². The Hall–Kier alpha value is -0.740. The number of halogens is 8. The molecule has 1 aromatic rings. The van der Waals surface area contributed by atoms with Gasteiger partial charge in [0.1, 0.15) is 0 Å². The van der Waals surface area contributed by atoms with Crippen LogP contribution in [0.3, 0.4) is 0 Å². The van der Waals surface area contributed by atoms with E-state index in [4.69, 9.17) is 4.74 Å². The molecule has 0 aliphatic carbocycles. The molecule has 0 aromatic heterocycles. The SMILES string of the molecule is Cl.Cl.FC(F)(F)c1ccc(C(F)(F)F)c([C@H](C2CCOCC2)N2CCNCC2)c1. The molecule has 0 unspecified atom stereocenters. The lowest BCUT2D eigenvalue weighted by atomic mass is 9.82. The highest BCUT2D eigenvalue weighted by Gasteiger charge is 2.42. The monoisotopic (exact) mass is 468 g/mol. The zero-order chi connectivity index (χ0) is 19.7. The van der Waals surface area contributed by atoms with E-state index in [0.29, 0.717) is 70.4 Å². The second-order valence-electron chi connectivity index (χ2n) is 6.98. The van der Waals surface area contributed by atoms with E-state index in [2.05, 4.69) is 5.32 Å². The Balaban J connectivity index is 0.00000210. The Morgan fingerprint density at radius 2 is 1.52 bits per heavy atom. The van der Waals surface area contributed by atoms with Crippen molar-refractivity contribution in [3.63, 3.8) is 0 Å². The van der Waals surface area contributed by atoms with E-state index in [0.717, 1.165) is 0 Å². The van der Waals surface area contributed by atoms with Gasteiger partial charge in [0.05, 0.1) is 11.1 Å². The summed E-state index contributed by atoms with van der Waals surface area (Å²) in [5.41, 5.74) is -2.30. The molecule has 3 nitrogen and oxygen atoms in total. The van der Waals surface area contributed by atoms with E-state index in [9.17, 15) is 26.3 Å². The maximum absolute atomic E-state index is 13.6. The van der Waals surface area contributed by atoms with Gasteiger partial charge >= 0.3 is 12.4 Å². The average Bonchev–Trinajstić information content (AvgIpc) is 2.62. The summed E-state index contributed by atoms with van der Waals surface area (Å²) in [5.74, 6) is -0.179. The number of hydrogen-bond acceptors (Lipinski definition) is 3. The molecule has 1 aromatic carbocycles. The molecule has 11 heteroatoms. The Morgan fingerprint density at radius 3 is 2.03 bits per heavy atom. The second kappa shape index (κ2) is 10.5. The molecule has 168 valence electrons. The summed E-state index contributed by atoms with van der Waals surface area (Å²) in [6, 6.07) is 1.08. The van der Waals surface area contributed by atoms with Crippen molar-refractivity contribution in [1.82, 2.24) is 10.2 Å². The van der Waals surface area contributed by atoms with Gasteiger partial charge in [0.25, 0.3) is 0 Å². The number of rotatable bonds is 3. The van der Waals surface area contributed by atoms with Crippen LogP contribution in [-0.2, 0) is 17.1 Å². The zero-order valence-electron chi connectivity index (χ0n) is 15.5. The summed E-state index contributed by atoms with van der Waals surface area (Å²) in [4.78, 5) is 1.89. The quantitative estimate of drug-likeness (QED) is 0.635. The number of nitrogens with one attached hydrogen (secondary N) is 1. The molecule has 2 aliphatic heterocycles. The molecule has 0 saturated carbocycles. The van der Waals surface area contributed by atoms with Gasteiger partial charge in [0.15, 0.2) is 0 Å². The predicted octanol–water partition coefficient (Wildman–Crippen LogP) is 4.94. The van der Waals surface area contributed by atoms with E-state index >= 15 is 0 Å². The number of ether oxygens (including phenoxy) is 1. The largest absolute Gasteiger partial charge is 0.416 e. The van der Waals surface area contributed by atoms with Gasteiger partial charge in [-0.2, -0.15) is 26.3 Å². The van der Waals surface area contributed by atoms with Crippen molar-refractivity contribution in [2.75, 3.05) is 39.4 Å². The number of piperazine rings is 1. The highest BCUT2D eigenvalue weighted by molar-refractivity contribution is 5.85. The fourth-order valence-electron chi connectivity index (χ4n) is 3.98. The maximum Gasteiger partial charge on any atom is 0.416 e. The number of nitrogens with zero attached hydrogens (tertiary/aromatic N) is 1. The molecule has 1 N–H and O–H groups in total. The third kappa shape index (κ3) is 6.37.